The number of benzene rings is 2. The van der Waals surface area contributed by atoms with Crippen molar-refractivity contribution in [2.45, 2.75) is 51.0 Å². The minimum absolute atomic E-state index is 0. The monoisotopic (exact) mass is 549 g/mol. The summed E-state index contributed by atoms with van der Waals surface area (Å²) >= 11 is 0. The van der Waals surface area contributed by atoms with E-state index >= 15 is 0 Å². The summed E-state index contributed by atoms with van der Waals surface area (Å²) in [5.74, 6) is 0.358. The second-order valence-electron chi connectivity index (χ2n) is 9.86. The minimum atomic E-state index is -0.354. The van der Waals surface area contributed by atoms with Crippen LogP contribution in [0.1, 0.15) is 50.5 Å². The highest BCUT2D eigenvalue weighted by Gasteiger charge is 2.18. The molecule has 0 radical (unpaired) electrons. The summed E-state index contributed by atoms with van der Waals surface area (Å²) in [6, 6.07) is 20.2. The van der Waals surface area contributed by atoms with Crippen molar-refractivity contribution in [2.24, 2.45) is 12.8 Å². The molecule has 1 atom stereocenters. The van der Waals surface area contributed by atoms with Crippen LogP contribution in [0.25, 0.3) is 22.4 Å². The maximum atomic E-state index is 13.5. The smallest absolute Gasteiger partial charge is 0.263 e. The van der Waals surface area contributed by atoms with Gasteiger partial charge in [0.15, 0.2) is 0 Å². The third-order valence-electron chi connectivity index (χ3n) is 6.96. The Bertz CT molecular complexity index is 1360. The first-order chi connectivity index (χ1) is 18.4. The lowest BCUT2D eigenvalue weighted by Gasteiger charge is -2.18. The average Bonchev–Trinajstić information content (AvgIpc) is 2.96. The largest absolute Gasteiger partial charge is 0.355 e. The van der Waals surface area contributed by atoms with Crippen LogP contribution >= 0.6 is 12.4 Å². The first kappa shape index (κ1) is 30.0. The van der Waals surface area contributed by atoms with Crippen LogP contribution in [0.5, 0.6) is 0 Å². The normalized spacial score (nSPS) is 13.9. The lowest BCUT2D eigenvalue weighted by Crippen LogP contribution is -2.26. The molecule has 1 unspecified atom stereocenters. The van der Waals surface area contributed by atoms with Crippen LogP contribution in [0.4, 0.5) is 10.3 Å². The summed E-state index contributed by atoms with van der Waals surface area (Å²) in [7, 11) is 1.69. The van der Waals surface area contributed by atoms with Gasteiger partial charge in [-0.2, -0.15) is 0 Å². The Morgan fingerprint density at radius 2 is 1.62 bits per heavy atom. The summed E-state index contributed by atoms with van der Waals surface area (Å²) in [6.45, 7) is 2.74. The Labute approximate surface area is 235 Å². The minimum Gasteiger partial charge on any atom is -0.355 e. The zero-order valence-corrected chi connectivity index (χ0v) is 23.3. The molecule has 5 rings (SSSR count). The van der Waals surface area contributed by atoms with Crippen molar-refractivity contribution in [3.8, 4) is 22.4 Å². The van der Waals surface area contributed by atoms with E-state index in [4.69, 9.17) is 10.7 Å². The fourth-order valence-electron chi connectivity index (χ4n) is 4.63. The Balaban J connectivity index is 0.000000458. The van der Waals surface area contributed by atoms with Crippen molar-refractivity contribution in [3.05, 3.63) is 101 Å². The molecule has 0 bridgehead atoms. The van der Waals surface area contributed by atoms with Crippen LogP contribution in [0.3, 0.4) is 0 Å². The maximum Gasteiger partial charge on any atom is 0.263 e. The van der Waals surface area contributed by atoms with Gasteiger partial charge in [-0.1, -0.05) is 68.7 Å². The highest BCUT2D eigenvalue weighted by atomic mass is 35.5. The van der Waals surface area contributed by atoms with E-state index in [1.165, 1.54) is 54.4 Å². The molecule has 1 aliphatic rings. The van der Waals surface area contributed by atoms with Crippen molar-refractivity contribution < 1.29 is 4.39 Å². The molecule has 206 valence electrons. The molecule has 6 nitrogen and oxygen atoms in total. The van der Waals surface area contributed by atoms with Crippen molar-refractivity contribution in [3.63, 3.8) is 0 Å². The van der Waals surface area contributed by atoms with Gasteiger partial charge in [0.1, 0.15) is 5.82 Å². The fraction of sp³-hybridized carbons (Fsp3) is 0.323. The number of pyridine rings is 1. The zero-order valence-electron chi connectivity index (χ0n) is 22.5. The number of aromatic nitrogens is 3. The van der Waals surface area contributed by atoms with Gasteiger partial charge in [-0.15, -0.1) is 12.4 Å². The van der Waals surface area contributed by atoms with E-state index in [9.17, 15) is 9.18 Å². The van der Waals surface area contributed by atoms with Crippen molar-refractivity contribution in [1.29, 1.82) is 0 Å². The molecule has 4 aromatic rings. The number of nitrogens with zero attached hydrogens (tertiary/aromatic N) is 3. The van der Waals surface area contributed by atoms with Gasteiger partial charge in [-0.25, -0.2) is 9.37 Å². The molecule has 1 aliphatic carbocycles. The molecular formula is C31H37ClFN5O. The summed E-state index contributed by atoms with van der Waals surface area (Å²) < 4.78 is 15.0. The first-order valence-electron chi connectivity index (χ1n) is 13.3. The van der Waals surface area contributed by atoms with Crippen LogP contribution in [0, 0.1) is 5.82 Å². The summed E-state index contributed by atoms with van der Waals surface area (Å²) in [6.07, 6.45) is 9.98. The number of nitrogens with two attached hydrogens (primary N) is 1. The van der Waals surface area contributed by atoms with Gasteiger partial charge < -0.3 is 11.1 Å². The summed E-state index contributed by atoms with van der Waals surface area (Å²) in [5, 5.41) is 3.33. The summed E-state index contributed by atoms with van der Waals surface area (Å²) in [4.78, 5) is 22.2. The first-order valence-corrected chi connectivity index (χ1v) is 13.3. The lowest BCUT2D eigenvalue weighted by atomic mass is 9.97. The number of hydrogen-bond donors (Lipinski definition) is 2. The van der Waals surface area contributed by atoms with E-state index in [0.717, 1.165) is 5.56 Å². The van der Waals surface area contributed by atoms with Crippen molar-refractivity contribution in [2.75, 3.05) is 11.9 Å². The number of hydrogen-bond acceptors (Lipinski definition) is 5. The molecule has 8 heteroatoms. The van der Waals surface area contributed by atoms with E-state index in [2.05, 4.69) is 29.4 Å². The van der Waals surface area contributed by atoms with Crippen LogP contribution < -0.4 is 16.6 Å². The van der Waals surface area contributed by atoms with Crippen molar-refractivity contribution in [1.82, 2.24) is 14.5 Å². The van der Waals surface area contributed by atoms with Crippen LogP contribution in [-0.4, -0.2) is 27.1 Å². The Hall–Kier alpha value is -3.55. The SMILES string of the molecule is CC(CNc1nc(-c2ccncc2)c(-c2ccc(F)cc2)c(=O)n1C)c1ccccc1.Cl.NC1CCCCC1. The number of nitrogens with one attached hydrogen (secondary N) is 1. The molecule has 1 saturated carbocycles. The quantitative estimate of drug-likeness (QED) is 0.284. The Kier molecular flexibility index (Phi) is 11.2. The van der Waals surface area contributed by atoms with E-state index < -0.39 is 0 Å². The van der Waals surface area contributed by atoms with Gasteiger partial charge in [-0.3, -0.25) is 14.3 Å². The third kappa shape index (κ3) is 7.97. The molecule has 0 spiro atoms. The van der Waals surface area contributed by atoms with E-state index in [-0.39, 0.29) is 29.7 Å². The highest BCUT2D eigenvalue weighted by Crippen LogP contribution is 2.29. The van der Waals surface area contributed by atoms with Crippen LogP contribution in [0.2, 0.25) is 0 Å². The number of rotatable bonds is 6. The predicted molar refractivity (Wildman–Crippen MR) is 160 cm³/mol. The summed E-state index contributed by atoms with van der Waals surface area (Å²) in [5.41, 5.74) is 8.98. The molecule has 2 aromatic carbocycles. The van der Waals surface area contributed by atoms with Gasteiger partial charge in [0.2, 0.25) is 5.95 Å². The van der Waals surface area contributed by atoms with Crippen LogP contribution in [0.15, 0.2) is 83.9 Å². The molecule has 0 aliphatic heterocycles. The van der Waals surface area contributed by atoms with Crippen LogP contribution in [-0.2, 0) is 7.05 Å². The number of halogens is 2. The molecule has 39 heavy (non-hydrogen) atoms. The second-order valence-corrected chi connectivity index (χ2v) is 9.86. The molecule has 0 amide bonds. The average molecular weight is 550 g/mol. The van der Waals surface area contributed by atoms with E-state index in [0.29, 0.717) is 35.4 Å². The van der Waals surface area contributed by atoms with Gasteiger partial charge in [-0.05, 0) is 54.2 Å². The predicted octanol–water partition coefficient (Wildman–Crippen LogP) is 6.56. The molecule has 1 fully saturated rings. The zero-order chi connectivity index (χ0) is 26.9. The van der Waals surface area contributed by atoms with Gasteiger partial charge >= 0.3 is 0 Å². The maximum absolute atomic E-state index is 13.5. The highest BCUT2D eigenvalue weighted by molar-refractivity contribution is 5.85. The molecule has 2 heterocycles. The molecule has 0 saturated heterocycles. The Morgan fingerprint density at radius 3 is 2.21 bits per heavy atom. The second kappa shape index (κ2) is 14.6. The van der Waals surface area contributed by atoms with Crippen molar-refractivity contribution >= 4 is 18.4 Å². The Morgan fingerprint density at radius 1 is 0.974 bits per heavy atom. The standard InChI is InChI=1S/C25H23FN4O.C6H13N.ClH/c1-17(18-6-4-3-5-7-18)16-28-25-29-23(20-12-14-27-15-13-20)22(24(31)30(25)2)19-8-10-21(26)11-9-19;7-6-4-2-1-3-5-6;/h3-15,17H,16H2,1-2H3,(H,28,29);6H,1-5,7H2;1H. The number of anilines is 1. The van der Waals surface area contributed by atoms with Gasteiger partial charge in [0, 0.05) is 37.6 Å². The van der Waals surface area contributed by atoms with E-state index in [1.54, 1.807) is 31.6 Å². The lowest BCUT2D eigenvalue weighted by molar-refractivity contribution is 0.441. The third-order valence-corrected chi connectivity index (χ3v) is 6.96. The molecular weight excluding hydrogens is 513 g/mol. The van der Waals surface area contributed by atoms with E-state index in [1.807, 2.05) is 30.3 Å². The van der Waals surface area contributed by atoms with Gasteiger partial charge in [0.05, 0.1) is 11.3 Å². The van der Waals surface area contributed by atoms with Gasteiger partial charge in [0.25, 0.3) is 5.56 Å². The fourth-order valence-corrected chi connectivity index (χ4v) is 4.63. The topological polar surface area (TPSA) is 85.8 Å². The molecule has 3 N–H and O–H groups in total. The molecule has 2 aromatic heterocycles.